The summed E-state index contributed by atoms with van der Waals surface area (Å²) in [5, 5.41) is 2.90. The van der Waals surface area contributed by atoms with E-state index < -0.39 is 6.04 Å². The van der Waals surface area contributed by atoms with E-state index in [-0.39, 0.29) is 18.2 Å². The first kappa shape index (κ1) is 19.1. The molecule has 7 nitrogen and oxygen atoms in total. The monoisotopic (exact) mass is 392 g/mol. The number of aromatic nitrogens is 2. The number of nitrogens with one attached hydrogen (secondary N) is 1. The third kappa shape index (κ3) is 3.61. The van der Waals surface area contributed by atoms with Gasteiger partial charge in [-0.05, 0) is 36.2 Å². The lowest BCUT2D eigenvalue weighted by Crippen LogP contribution is -2.33. The second-order valence-corrected chi connectivity index (χ2v) is 7.07. The van der Waals surface area contributed by atoms with Crippen molar-refractivity contribution >= 4 is 34.5 Å². The lowest BCUT2D eigenvalue weighted by atomic mass is 10.1. The van der Waals surface area contributed by atoms with Gasteiger partial charge in [-0.1, -0.05) is 31.2 Å². The fourth-order valence-electron chi connectivity index (χ4n) is 3.70. The smallest absolute Gasteiger partial charge is 0.253 e. The Kier molecular flexibility index (Phi) is 5.31. The second kappa shape index (κ2) is 8.05. The zero-order valence-corrected chi connectivity index (χ0v) is 16.6. The normalized spacial score (nSPS) is 15.7. The predicted octanol–water partition coefficient (Wildman–Crippen LogP) is 3.16. The van der Waals surface area contributed by atoms with Gasteiger partial charge in [-0.2, -0.15) is 0 Å². The van der Waals surface area contributed by atoms with E-state index in [2.05, 4.69) is 17.2 Å². The average Bonchev–Trinajstić information content (AvgIpc) is 3.22. The number of amides is 2. The number of fused-ring (bicyclic) bond motifs is 3. The summed E-state index contributed by atoms with van der Waals surface area (Å²) in [6.45, 7) is 2.88. The van der Waals surface area contributed by atoms with E-state index in [0.29, 0.717) is 19.1 Å². The maximum atomic E-state index is 13.1. The number of hydrogen-bond donors (Lipinski definition) is 1. The van der Waals surface area contributed by atoms with Crippen LogP contribution in [-0.4, -0.2) is 41.6 Å². The van der Waals surface area contributed by atoms with Crippen LogP contribution in [0.15, 0.2) is 48.5 Å². The molecule has 0 aliphatic carbocycles. The van der Waals surface area contributed by atoms with Crippen LogP contribution in [-0.2, 0) is 20.7 Å². The summed E-state index contributed by atoms with van der Waals surface area (Å²) in [5.41, 5.74) is 3.58. The molecular formula is C22H24N4O3. The highest BCUT2D eigenvalue weighted by Gasteiger charge is 2.40. The van der Waals surface area contributed by atoms with E-state index in [1.165, 1.54) is 5.56 Å². The number of carbonyl (C=O) groups is 2. The average molecular weight is 392 g/mol. The molecule has 2 aromatic carbocycles. The van der Waals surface area contributed by atoms with Crippen LogP contribution < -0.4 is 10.2 Å². The highest BCUT2D eigenvalue weighted by Crippen LogP contribution is 2.36. The van der Waals surface area contributed by atoms with E-state index in [4.69, 9.17) is 4.74 Å². The zero-order valence-electron chi connectivity index (χ0n) is 16.6. The molecule has 1 aromatic heterocycles. The van der Waals surface area contributed by atoms with E-state index in [1.54, 1.807) is 12.0 Å². The Hall–Kier alpha value is -3.19. The molecule has 0 saturated heterocycles. The van der Waals surface area contributed by atoms with Crippen molar-refractivity contribution in [3.63, 3.8) is 0 Å². The Bertz CT molecular complexity index is 1040. The van der Waals surface area contributed by atoms with Crippen LogP contribution in [0.25, 0.3) is 11.0 Å². The number of aryl methyl sites for hydroxylation is 1. The van der Waals surface area contributed by atoms with E-state index in [0.717, 1.165) is 23.1 Å². The van der Waals surface area contributed by atoms with Crippen LogP contribution in [0.5, 0.6) is 0 Å². The second-order valence-electron chi connectivity index (χ2n) is 7.07. The lowest BCUT2D eigenvalue weighted by Gasteiger charge is -2.15. The molecule has 7 heteroatoms. The third-order valence-electron chi connectivity index (χ3n) is 5.23. The molecule has 150 valence electrons. The topological polar surface area (TPSA) is 76.5 Å². The largest absolute Gasteiger partial charge is 0.383 e. The van der Waals surface area contributed by atoms with Crippen LogP contribution >= 0.6 is 0 Å². The minimum atomic E-state index is -0.621. The van der Waals surface area contributed by atoms with Gasteiger partial charge in [-0.25, -0.2) is 4.98 Å². The molecule has 0 radical (unpaired) electrons. The molecule has 0 saturated carbocycles. The van der Waals surface area contributed by atoms with E-state index in [1.807, 2.05) is 53.1 Å². The van der Waals surface area contributed by atoms with Gasteiger partial charge in [0, 0.05) is 12.8 Å². The molecule has 1 atom stereocenters. The summed E-state index contributed by atoms with van der Waals surface area (Å²) in [6, 6.07) is 14.8. The van der Waals surface area contributed by atoms with Gasteiger partial charge in [0.1, 0.15) is 6.04 Å². The molecule has 1 unspecified atom stereocenters. The number of benzene rings is 2. The van der Waals surface area contributed by atoms with Crippen LogP contribution in [0.1, 0.15) is 24.9 Å². The first-order chi connectivity index (χ1) is 14.1. The van der Waals surface area contributed by atoms with Gasteiger partial charge in [-0.3, -0.25) is 19.1 Å². The zero-order chi connectivity index (χ0) is 20.4. The molecule has 1 aliphatic rings. The van der Waals surface area contributed by atoms with Crippen molar-refractivity contribution in [2.24, 2.45) is 0 Å². The van der Waals surface area contributed by atoms with Crippen molar-refractivity contribution < 1.29 is 14.3 Å². The quantitative estimate of drug-likeness (QED) is 0.670. The first-order valence-corrected chi connectivity index (χ1v) is 9.78. The number of ether oxygens (including phenoxy) is 1. The van der Waals surface area contributed by atoms with Crippen LogP contribution in [0.2, 0.25) is 0 Å². The highest BCUT2D eigenvalue weighted by atomic mass is 16.5. The Morgan fingerprint density at radius 1 is 1.17 bits per heavy atom. The highest BCUT2D eigenvalue weighted by molar-refractivity contribution is 6.05. The number of para-hydroxylation sites is 2. The number of rotatable bonds is 7. The van der Waals surface area contributed by atoms with Crippen LogP contribution in [0.3, 0.4) is 0 Å². The number of hydrogen-bond acceptors (Lipinski definition) is 4. The molecule has 3 aromatic rings. The van der Waals surface area contributed by atoms with Crippen molar-refractivity contribution in [2.75, 3.05) is 30.5 Å². The minimum absolute atomic E-state index is 0.0468. The molecule has 0 spiro atoms. The predicted molar refractivity (Wildman–Crippen MR) is 112 cm³/mol. The van der Waals surface area contributed by atoms with Gasteiger partial charge >= 0.3 is 0 Å². The van der Waals surface area contributed by atoms with Crippen molar-refractivity contribution in [1.29, 1.82) is 0 Å². The Morgan fingerprint density at radius 2 is 1.93 bits per heavy atom. The van der Waals surface area contributed by atoms with Crippen LogP contribution in [0, 0.1) is 0 Å². The van der Waals surface area contributed by atoms with Crippen molar-refractivity contribution in [3.8, 4) is 0 Å². The Morgan fingerprint density at radius 3 is 2.66 bits per heavy atom. The van der Waals surface area contributed by atoms with Crippen molar-refractivity contribution in [3.05, 3.63) is 54.1 Å². The number of anilines is 2. The molecule has 29 heavy (non-hydrogen) atoms. The van der Waals surface area contributed by atoms with E-state index in [9.17, 15) is 9.59 Å². The molecule has 0 bridgehead atoms. The molecule has 1 N–H and O–H groups in total. The fourth-order valence-corrected chi connectivity index (χ4v) is 3.70. The summed E-state index contributed by atoms with van der Waals surface area (Å²) < 4.78 is 7.01. The third-order valence-corrected chi connectivity index (χ3v) is 5.23. The molecule has 0 fully saturated rings. The minimum Gasteiger partial charge on any atom is -0.383 e. The van der Waals surface area contributed by atoms with Crippen molar-refractivity contribution in [1.82, 2.24) is 9.55 Å². The van der Waals surface area contributed by atoms with Gasteiger partial charge in [0.15, 0.2) is 0 Å². The summed E-state index contributed by atoms with van der Waals surface area (Å²) in [6.07, 6.45) is 0.990. The summed E-state index contributed by atoms with van der Waals surface area (Å²) in [7, 11) is 1.60. The maximum Gasteiger partial charge on any atom is 0.253 e. The van der Waals surface area contributed by atoms with Gasteiger partial charge in [0.25, 0.3) is 5.91 Å². The Balaban J connectivity index is 1.59. The number of nitrogens with zero attached hydrogens (tertiary/aromatic N) is 3. The van der Waals surface area contributed by atoms with Gasteiger partial charge < -0.3 is 10.1 Å². The Labute approximate surface area is 169 Å². The fraction of sp³-hybridized carbons (Fsp3) is 0.318. The lowest BCUT2D eigenvalue weighted by molar-refractivity contribution is -0.124. The summed E-state index contributed by atoms with van der Waals surface area (Å²) >= 11 is 0. The number of imidazole rings is 1. The van der Waals surface area contributed by atoms with Gasteiger partial charge in [0.05, 0.1) is 30.6 Å². The molecular weight excluding hydrogens is 368 g/mol. The molecule has 2 amide bonds. The molecule has 1 aliphatic heterocycles. The standard InChI is InChI=1S/C22H24N4O3/c1-3-15-8-10-16(11-9-15)23-20(27)14-19-21(28)25(12-13-29-2)22-24-17-6-4-5-7-18(17)26(19)22/h4-11,19H,3,12-14H2,1-2H3,(H,23,27). The number of methoxy groups -OCH3 is 1. The molecule has 4 rings (SSSR count). The number of carbonyl (C=O) groups excluding carboxylic acids is 2. The van der Waals surface area contributed by atoms with Gasteiger partial charge in [0.2, 0.25) is 11.9 Å². The van der Waals surface area contributed by atoms with Crippen LogP contribution in [0.4, 0.5) is 11.6 Å². The van der Waals surface area contributed by atoms with E-state index >= 15 is 0 Å². The van der Waals surface area contributed by atoms with Gasteiger partial charge in [-0.15, -0.1) is 0 Å². The first-order valence-electron chi connectivity index (χ1n) is 9.78. The summed E-state index contributed by atoms with van der Waals surface area (Å²) in [5.74, 6) is 0.232. The maximum absolute atomic E-state index is 13.1. The van der Waals surface area contributed by atoms with Crippen molar-refractivity contribution in [2.45, 2.75) is 25.8 Å². The SMILES string of the molecule is CCc1ccc(NC(=O)CC2C(=O)N(CCOC)c3nc4ccccc4n32)cc1. The summed E-state index contributed by atoms with van der Waals surface area (Å²) in [4.78, 5) is 32.0. The molecule has 2 heterocycles.